The zero-order chi connectivity index (χ0) is 11.5. The number of aliphatic imine (C=N–C) groups is 1. The summed E-state index contributed by atoms with van der Waals surface area (Å²) in [5, 5.41) is 0. The molecule has 0 aromatic heterocycles. The summed E-state index contributed by atoms with van der Waals surface area (Å²) in [6.07, 6.45) is 0. The van der Waals surface area contributed by atoms with Crippen molar-refractivity contribution in [2.75, 3.05) is 6.67 Å². The van der Waals surface area contributed by atoms with Crippen LogP contribution in [0.2, 0.25) is 0 Å². The fourth-order valence-corrected chi connectivity index (χ4v) is 1.92. The Kier molecular flexibility index (Phi) is 2.60. The lowest BCUT2D eigenvalue weighted by atomic mass is 10.0. The Morgan fingerprint density at radius 1 is 0.824 bits per heavy atom. The van der Waals surface area contributed by atoms with Crippen molar-refractivity contribution in [1.29, 1.82) is 0 Å². The molecular formula is C14H13N3. The van der Waals surface area contributed by atoms with Gasteiger partial charge in [-0.1, -0.05) is 48.5 Å². The van der Waals surface area contributed by atoms with E-state index >= 15 is 0 Å². The Morgan fingerprint density at radius 3 is 2.35 bits per heavy atom. The minimum absolute atomic E-state index is 0.630. The van der Waals surface area contributed by atoms with E-state index in [0.29, 0.717) is 6.67 Å². The zero-order valence-electron chi connectivity index (χ0n) is 9.35. The summed E-state index contributed by atoms with van der Waals surface area (Å²) in [7, 11) is 0. The van der Waals surface area contributed by atoms with Gasteiger partial charge in [0, 0.05) is 5.56 Å². The molecule has 0 spiro atoms. The van der Waals surface area contributed by atoms with Gasteiger partial charge in [0.2, 0.25) is 0 Å². The molecule has 0 saturated carbocycles. The average Bonchev–Trinajstić information content (AvgIpc) is 2.94. The number of amidine groups is 1. The van der Waals surface area contributed by atoms with E-state index in [-0.39, 0.29) is 0 Å². The molecule has 2 aromatic carbocycles. The molecule has 0 atom stereocenters. The molecule has 1 aliphatic heterocycles. The minimum Gasteiger partial charge on any atom is -0.304 e. The molecule has 2 N–H and O–H groups in total. The Bertz CT molecular complexity index is 546. The highest BCUT2D eigenvalue weighted by Crippen LogP contribution is 2.20. The van der Waals surface area contributed by atoms with Crippen LogP contribution in [-0.2, 0) is 0 Å². The van der Waals surface area contributed by atoms with Crippen molar-refractivity contribution in [3.8, 4) is 11.1 Å². The van der Waals surface area contributed by atoms with Gasteiger partial charge in [-0.25, -0.2) is 10.4 Å². The van der Waals surface area contributed by atoms with Crippen LogP contribution in [0.1, 0.15) is 5.56 Å². The van der Waals surface area contributed by atoms with Crippen molar-refractivity contribution >= 4 is 5.84 Å². The summed E-state index contributed by atoms with van der Waals surface area (Å²) >= 11 is 0. The zero-order valence-corrected chi connectivity index (χ0v) is 9.35. The van der Waals surface area contributed by atoms with Crippen LogP contribution < -0.4 is 10.9 Å². The van der Waals surface area contributed by atoms with Crippen LogP contribution in [0.25, 0.3) is 11.1 Å². The average molecular weight is 223 g/mol. The second-order valence-electron chi connectivity index (χ2n) is 3.91. The van der Waals surface area contributed by atoms with Crippen LogP contribution in [-0.4, -0.2) is 12.5 Å². The van der Waals surface area contributed by atoms with E-state index < -0.39 is 0 Å². The molecule has 0 unspecified atom stereocenters. The summed E-state index contributed by atoms with van der Waals surface area (Å²) in [6, 6.07) is 18.7. The van der Waals surface area contributed by atoms with E-state index in [1.807, 2.05) is 6.07 Å². The predicted molar refractivity (Wildman–Crippen MR) is 69.6 cm³/mol. The topological polar surface area (TPSA) is 36.4 Å². The van der Waals surface area contributed by atoms with E-state index in [4.69, 9.17) is 0 Å². The van der Waals surface area contributed by atoms with Gasteiger partial charge in [0.25, 0.3) is 0 Å². The monoisotopic (exact) mass is 223 g/mol. The third kappa shape index (κ3) is 2.05. The summed E-state index contributed by atoms with van der Waals surface area (Å²) in [5.41, 5.74) is 9.57. The number of hydrazine groups is 1. The molecule has 2 aromatic rings. The molecule has 0 amide bonds. The van der Waals surface area contributed by atoms with Gasteiger partial charge >= 0.3 is 0 Å². The molecule has 17 heavy (non-hydrogen) atoms. The highest BCUT2D eigenvalue weighted by molar-refractivity contribution is 6.00. The summed E-state index contributed by atoms with van der Waals surface area (Å²) in [5.74, 6) is 0.905. The van der Waals surface area contributed by atoms with Gasteiger partial charge in [0.1, 0.15) is 12.5 Å². The smallest absolute Gasteiger partial charge is 0.144 e. The number of nitrogens with zero attached hydrogens (tertiary/aromatic N) is 1. The summed E-state index contributed by atoms with van der Waals surface area (Å²) in [4.78, 5) is 4.34. The maximum absolute atomic E-state index is 4.34. The second kappa shape index (κ2) is 4.39. The van der Waals surface area contributed by atoms with Gasteiger partial charge in [0.15, 0.2) is 0 Å². The molecule has 3 rings (SSSR count). The van der Waals surface area contributed by atoms with Crippen LogP contribution >= 0.6 is 0 Å². The summed E-state index contributed by atoms with van der Waals surface area (Å²) < 4.78 is 0. The lowest BCUT2D eigenvalue weighted by Gasteiger charge is -2.05. The van der Waals surface area contributed by atoms with E-state index in [0.717, 1.165) is 11.4 Å². The molecular weight excluding hydrogens is 210 g/mol. The Morgan fingerprint density at radius 2 is 1.59 bits per heavy atom. The second-order valence-corrected chi connectivity index (χ2v) is 3.91. The van der Waals surface area contributed by atoms with Crippen LogP contribution in [0.15, 0.2) is 59.6 Å². The Labute approximate surface area is 100 Å². The van der Waals surface area contributed by atoms with Crippen LogP contribution in [0.5, 0.6) is 0 Å². The Hall–Kier alpha value is -2.13. The van der Waals surface area contributed by atoms with Gasteiger partial charge in [0.05, 0.1) is 0 Å². The van der Waals surface area contributed by atoms with Crippen LogP contribution in [0.4, 0.5) is 0 Å². The molecule has 0 bridgehead atoms. The number of rotatable bonds is 2. The first kappa shape index (κ1) is 10.1. The highest BCUT2D eigenvalue weighted by atomic mass is 15.5. The molecule has 0 saturated heterocycles. The van der Waals surface area contributed by atoms with Crippen molar-refractivity contribution in [3.63, 3.8) is 0 Å². The number of hydrogen-bond acceptors (Lipinski definition) is 3. The molecule has 1 aliphatic rings. The van der Waals surface area contributed by atoms with Crippen molar-refractivity contribution in [1.82, 2.24) is 10.9 Å². The van der Waals surface area contributed by atoms with Gasteiger partial charge < -0.3 is 5.43 Å². The number of benzene rings is 2. The normalized spacial score (nSPS) is 14.2. The van der Waals surface area contributed by atoms with E-state index in [1.54, 1.807) is 0 Å². The van der Waals surface area contributed by atoms with Gasteiger partial charge in [-0.3, -0.25) is 0 Å². The fourth-order valence-electron chi connectivity index (χ4n) is 1.92. The first-order chi connectivity index (χ1) is 8.43. The van der Waals surface area contributed by atoms with Gasteiger partial charge in [-0.05, 0) is 17.2 Å². The molecule has 0 aliphatic carbocycles. The molecule has 3 heteroatoms. The first-order valence-corrected chi connectivity index (χ1v) is 5.63. The highest BCUT2D eigenvalue weighted by Gasteiger charge is 2.08. The van der Waals surface area contributed by atoms with Crippen LogP contribution in [0, 0.1) is 0 Å². The van der Waals surface area contributed by atoms with E-state index in [9.17, 15) is 0 Å². The molecule has 84 valence electrons. The maximum Gasteiger partial charge on any atom is 0.144 e. The predicted octanol–water partition coefficient (Wildman–Crippen LogP) is 2.17. The van der Waals surface area contributed by atoms with Crippen molar-refractivity contribution in [3.05, 3.63) is 60.2 Å². The third-order valence-corrected chi connectivity index (χ3v) is 2.77. The van der Waals surface area contributed by atoms with Crippen molar-refractivity contribution in [2.24, 2.45) is 4.99 Å². The third-order valence-electron chi connectivity index (χ3n) is 2.77. The SMILES string of the molecule is c1ccc(-c2cccc(C3=NCNN3)c2)cc1. The molecule has 3 nitrogen and oxygen atoms in total. The van der Waals surface area contributed by atoms with Crippen molar-refractivity contribution < 1.29 is 0 Å². The fraction of sp³-hybridized carbons (Fsp3) is 0.0714. The van der Waals surface area contributed by atoms with Crippen LogP contribution in [0.3, 0.4) is 0 Å². The number of hydrogen-bond donors (Lipinski definition) is 2. The summed E-state index contributed by atoms with van der Waals surface area (Å²) in [6.45, 7) is 0.630. The molecule has 0 fully saturated rings. The largest absolute Gasteiger partial charge is 0.304 e. The van der Waals surface area contributed by atoms with E-state index in [1.165, 1.54) is 11.1 Å². The van der Waals surface area contributed by atoms with E-state index in [2.05, 4.69) is 64.4 Å². The van der Waals surface area contributed by atoms with Gasteiger partial charge in [-0.2, -0.15) is 0 Å². The lowest BCUT2D eigenvalue weighted by Crippen LogP contribution is -2.30. The van der Waals surface area contributed by atoms with Crippen molar-refractivity contribution in [2.45, 2.75) is 0 Å². The molecule has 1 heterocycles. The minimum atomic E-state index is 0.630. The molecule has 0 radical (unpaired) electrons. The Balaban J connectivity index is 2.00. The standard InChI is InChI=1S/C14H13N3/c1-2-5-11(6-3-1)12-7-4-8-13(9-12)14-15-10-16-17-14/h1-9,16H,10H2,(H,15,17). The maximum atomic E-state index is 4.34. The first-order valence-electron chi connectivity index (χ1n) is 5.63. The quantitative estimate of drug-likeness (QED) is 0.818. The lowest BCUT2D eigenvalue weighted by molar-refractivity contribution is 0.727. The van der Waals surface area contributed by atoms with Gasteiger partial charge in [-0.15, -0.1) is 0 Å². The number of nitrogens with one attached hydrogen (secondary N) is 2.